The Kier molecular flexibility index (Phi) is 6.10. The fraction of sp³-hybridized carbons (Fsp3) is 0.778. The molecule has 0 radical (unpaired) electrons. The predicted molar refractivity (Wildman–Crippen MR) is 95.1 cm³/mol. The van der Waals surface area contributed by atoms with Crippen LogP contribution in [0.1, 0.15) is 22.6 Å². The van der Waals surface area contributed by atoms with Crippen LogP contribution in [-0.2, 0) is 16.0 Å². The average molecular weight is 339 g/mol. The Morgan fingerprint density at radius 1 is 1.35 bits per heavy atom. The van der Waals surface area contributed by atoms with Gasteiger partial charge in [0.05, 0.1) is 25.9 Å². The number of nitrogens with zero attached hydrogens (tertiary/aromatic N) is 2. The van der Waals surface area contributed by atoms with E-state index in [4.69, 9.17) is 9.47 Å². The van der Waals surface area contributed by atoms with Crippen molar-refractivity contribution >= 4 is 11.3 Å². The quantitative estimate of drug-likeness (QED) is 0.714. The first-order chi connectivity index (χ1) is 11.1. The molecule has 4 nitrogen and oxygen atoms in total. The number of likely N-dealkylation sites (N-methyl/N-ethyl adjacent to an activating group) is 1. The van der Waals surface area contributed by atoms with Crippen LogP contribution in [0.2, 0.25) is 0 Å². The Morgan fingerprint density at radius 2 is 2.22 bits per heavy atom. The third-order valence-electron chi connectivity index (χ3n) is 5.00. The molecular weight excluding hydrogens is 308 g/mol. The fourth-order valence-electron chi connectivity index (χ4n) is 3.76. The molecule has 1 aromatic heterocycles. The molecule has 1 saturated heterocycles. The lowest BCUT2D eigenvalue weighted by Crippen LogP contribution is -2.50. The minimum atomic E-state index is 0.365. The zero-order valence-corrected chi connectivity index (χ0v) is 15.5. The maximum Gasteiger partial charge on any atom is 0.0781 e. The molecular formula is C18H30N2O2S. The van der Waals surface area contributed by atoms with Gasteiger partial charge in [0.15, 0.2) is 0 Å². The summed E-state index contributed by atoms with van der Waals surface area (Å²) < 4.78 is 12.0. The van der Waals surface area contributed by atoms with Gasteiger partial charge in [0.25, 0.3) is 0 Å². The molecule has 5 heteroatoms. The molecule has 0 bridgehead atoms. The van der Waals surface area contributed by atoms with E-state index in [-0.39, 0.29) is 0 Å². The maximum atomic E-state index is 6.14. The van der Waals surface area contributed by atoms with Crippen LogP contribution in [-0.4, -0.2) is 69.0 Å². The SMILES string of the molecule is Cc1ccc(CN2CCO[C@@H]3[C@@H](COCCN(C)C)CC[C@@H]32)s1. The second-order valence-corrected chi connectivity index (χ2v) is 8.47. The molecule has 130 valence electrons. The van der Waals surface area contributed by atoms with Crippen molar-refractivity contribution in [1.29, 1.82) is 0 Å². The first kappa shape index (κ1) is 17.4. The standard InChI is InChI=1S/C18H30N2O2S/c1-14-4-6-16(23-14)12-20-9-11-22-18-15(5-7-17(18)20)13-21-10-8-19(2)3/h4,6,15,17-18H,5,7-13H2,1-3H3/t15-,17+,18-/m1/s1. The van der Waals surface area contributed by atoms with Crippen LogP contribution in [0.3, 0.4) is 0 Å². The molecule has 1 aliphatic heterocycles. The van der Waals surface area contributed by atoms with E-state index in [0.717, 1.165) is 39.5 Å². The Hall–Kier alpha value is -0.460. The van der Waals surface area contributed by atoms with Crippen molar-refractivity contribution in [2.75, 3.05) is 47.0 Å². The molecule has 0 amide bonds. The van der Waals surface area contributed by atoms with Crippen LogP contribution in [0.15, 0.2) is 12.1 Å². The summed E-state index contributed by atoms with van der Waals surface area (Å²) in [6.07, 6.45) is 2.85. The number of morpholine rings is 1. The third-order valence-corrected chi connectivity index (χ3v) is 5.99. The first-order valence-electron chi connectivity index (χ1n) is 8.77. The van der Waals surface area contributed by atoms with Crippen LogP contribution >= 0.6 is 11.3 Å². The molecule has 3 rings (SSSR count). The number of ether oxygens (including phenoxy) is 2. The van der Waals surface area contributed by atoms with Crippen molar-refractivity contribution in [2.24, 2.45) is 5.92 Å². The summed E-state index contributed by atoms with van der Waals surface area (Å²) in [6.45, 7) is 7.85. The number of hydrogen-bond donors (Lipinski definition) is 0. The predicted octanol–water partition coefficient (Wildman–Crippen LogP) is 2.61. The van der Waals surface area contributed by atoms with E-state index >= 15 is 0 Å². The van der Waals surface area contributed by atoms with Crippen LogP contribution in [0.4, 0.5) is 0 Å². The topological polar surface area (TPSA) is 24.9 Å². The molecule has 1 saturated carbocycles. The molecule has 0 unspecified atom stereocenters. The van der Waals surface area contributed by atoms with E-state index in [9.17, 15) is 0 Å². The van der Waals surface area contributed by atoms with Gasteiger partial charge < -0.3 is 14.4 Å². The average Bonchev–Trinajstić information content (AvgIpc) is 3.11. The molecule has 0 spiro atoms. The smallest absolute Gasteiger partial charge is 0.0781 e. The summed E-state index contributed by atoms with van der Waals surface area (Å²) in [5.41, 5.74) is 0. The summed E-state index contributed by atoms with van der Waals surface area (Å²) in [7, 11) is 4.17. The van der Waals surface area contributed by atoms with Crippen molar-refractivity contribution in [1.82, 2.24) is 9.80 Å². The second-order valence-electron chi connectivity index (χ2n) is 7.10. The Balaban J connectivity index is 1.51. The number of hydrogen-bond acceptors (Lipinski definition) is 5. The molecule has 2 heterocycles. The summed E-state index contributed by atoms with van der Waals surface area (Å²) in [4.78, 5) is 7.69. The van der Waals surface area contributed by atoms with Crippen LogP contribution in [0.25, 0.3) is 0 Å². The molecule has 23 heavy (non-hydrogen) atoms. The van der Waals surface area contributed by atoms with E-state index in [1.165, 1.54) is 22.6 Å². The maximum absolute atomic E-state index is 6.14. The van der Waals surface area contributed by atoms with E-state index in [1.54, 1.807) is 0 Å². The highest BCUT2D eigenvalue weighted by atomic mass is 32.1. The summed E-state index contributed by atoms with van der Waals surface area (Å²) in [5.74, 6) is 0.565. The van der Waals surface area contributed by atoms with Gasteiger partial charge in [0, 0.05) is 41.3 Å². The largest absolute Gasteiger partial charge is 0.380 e. The first-order valence-corrected chi connectivity index (χ1v) is 9.58. The van der Waals surface area contributed by atoms with Gasteiger partial charge in [-0.3, -0.25) is 4.90 Å². The zero-order valence-electron chi connectivity index (χ0n) is 14.7. The molecule has 0 aromatic carbocycles. The van der Waals surface area contributed by atoms with Crippen LogP contribution < -0.4 is 0 Å². The fourth-order valence-corrected chi connectivity index (χ4v) is 4.68. The monoisotopic (exact) mass is 338 g/mol. The van der Waals surface area contributed by atoms with Crippen molar-refractivity contribution in [2.45, 2.75) is 38.5 Å². The summed E-state index contributed by atoms with van der Waals surface area (Å²) >= 11 is 1.92. The molecule has 1 aromatic rings. The van der Waals surface area contributed by atoms with Crippen LogP contribution in [0, 0.1) is 12.8 Å². The second kappa shape index (κ2) is 8.08. The Bertz CT molecular complexity index is 491. The van der Waals surface area contributed by atoms with Gasteiger partial charge in [-0.15, -0.1) is 11.3 Å². The van der Waals surface area contributed by atoms with Gasteiger partial charge in [-0.05, 0) is 46.0 Å². The van der Waals surface area contributed by atoms with Gasteiger partial charge in [-0.1, -0.05) is 0 Å². The highest BCUT2D eigenvalue weighted by Crippen LogP contribution is 2.36. The molecule has 2 fully saturated rings. The lowest BCUT2D eigenvalue weighted by Gasteiger charge is -2.39. The van der Waals surface area contributed by atoms with E-state index < -0.39 is 0 Å². The summed E-state index contributed by atoms with van der Waals surface area (Å²) in [6, 6.07) is 5.09. The minimum Gasteiger partial charge on any atom is -0.380 e. The molecule has 2 aliphatic rings. The van der Waals surface area contributed by atoms with Gasteiger partial charge >= 0.3 is 0 Å². The van der Waals surface area contributed by atoms with Gasteiger partial charge in [0.2, 0.25) is 0 Å². The van der Waals surface area contributed by atoms with Crippen molar-refractivity contribution in [3.8, 4) is 0 Å². The number of thiophene rings is 1. The lowest BCUT2D eigenvalue weighted by atomic mass is 10.0. The molecule has 0 N–H and O–H groups in total. The minimum absolute atomic E-state index is 0.365. The third kappa shape index (κ3) is 4.54. The number of aryl methyl sites for hydroxylation is 1. The zero-order chi connectivity index (χ0) is 16.2. The molecule has 1 aliphatic carbocycles. The highest BCUT2D eigenvalue weighted by Gasteiger charge is 2.42. The van der Waals surface area contributed by atoms with Gasteiger partial charge in [-0.25, -0.2) is 0 Å². The van der Waals surface area contributed by atoms with Crippen molar-refractivity contribution in [3.63, 3.8) is 0 Å². The lowest BCUT2D eigenvalue weighted by molar-refractivity contribution is -0.0881. The number of fused-ring (bicyclic) bond motifs is 1. The number of rotatable bonds is 7. The summed E-state index contributed by atoms with van der Waals surface area (Å²) in [5, 5.41) is 0. The highest BCUT2D eigenvalue weighted by molar-refractivity contribution is 7.11. The van der Waals surface area contributed by atoms with Crippen LogP contribution in [0.5, 0.6) is 0 Å². The Morgan fingerprint density at radius 3 is 2.96 bits per heavy atom. The van der Waals surface area contributed by atoms with Crippen molar-refractivity contribution < 1.29 is 9.47 Å². The molecule has 3 atom stereocenters. The van der Waals surface area contributed by atoms with E-state index in [0.29, 0.717) is 18.1 Å². The van der Waals surface area contributed by atoms with Crippen molar-refractivity contribution in [3.05, 3.63) is 21.9 Å². The normalized spacial score (nSPS) is 28.4. The van der Waals surface area contributed by atoms with E-state index in [1.807, 2.05) is 11.3 Å². The Labute approximate surface area is 144 Å². The van der Waals surface area contributed by atoms with Gasteiger partial charge in [0.1, 0.15) is 0 Å². The van der Waals surface area contributed by atoms with Gasteiger partial charge in [-0.2, -0.15) is 0 Å². The van der Waals surface area contributed by atoms with E-state index in [2.05, 4.69) is 43.0 Å².